The van der Waals surface area contributed by atoms with Crippen LogP contribution in [0.15, 0.2) is 12.2 Å². The van der Waals surface area contributed by atoms with Gasteiger partial charge >= 0.3 is 0 Å². The van der Waals surface area contributed by atoms with E-state index in [0.717, 1.165) is 0 Å². The first-order valence-corrected chi connectivity index (χ1v) is 4.03. The van der Waals surface area contributed by atoms with Gasteiger partial charge in [0, 0.05) is 13.0 Å². The van der Waals surface area contributed by atoms with Crippen LogP contribution >= 0.6 is 0 Å². The van der Waals surface area contributed by atoms with E-state index in [0.29, 0.717) is 13.0 Å². The second-order valence-electron chi connectivity index (χ2n) is 3.23. The summed E-state index contributed by atoms with van der Waals surface area (Å²) in [6, 6.07) is -0.00380. The zero-order chi connectivity index (χ0) is 8.72. The summed E-state index contributed by atoms with van der Waals surface area (Å²) >= 11 is 0. The van der Waals surface area contributed by atoms with Crippen molar-refractivity contribution in [3.63, 3.8) is 0 Å². The maximum Gasteiger partial charge on any atom is 0.254 e. The number of fused-ring (bicyclic) bond motifs is 1. The van der Waals surface area contributed by atoms with Gasteiger partial charge in [0.05, 0.1) is 12.1 Å². The first-order valence-electron chi connectivity index (χ1n) is 4.03. The molecule has 0 aromatic heterocycles. The molecule has 1 fully saturated rings. The number of piperidine rings is 1. The van der Waals surface area contributed by atoms with Crippen LogP contribution in [0.4, 0.5) is 0 Å². The summed E-state index contributed by atoms with van der Waals surface area (Å²) in [6.45, 7) is 0.563. The first-order chi connectivity index (χ1) is 5.70. The number of hydrogen-bond acceptors (Lipinski definition) is 3. The molecule has 2 rings (SSSR count). The molecule has 4 heteroatoms. The number of aliphatic hydroxyl groups excluding tert-OH is 2. The van der Waals surface area contributed by atoms with Crippen LogP contribution in [0.1, 0.15) is 6.42 Å². The second kappa shape index (κ2) is 2.57. The summed E-state index contributed by atoms with van der Waals surface area (Å²) in [7, 11) is 0. The Kier molecular flexibility index (Phi) is 1.66. The molecule has 0 aromatic rings. The molecule has 0 bridgehead atoms. The van der Waals surface area contributed by atoms with Crippen LogP contribution < -0.4 is 0 Å². The number of carbonyl (C=O) groups excluding carboxylic acids is 1. The van der Waals surface area contributed by atoms with Crippen LogP contribution in [0.3, 0.4) is 0 Å². The third-order valence-electron chi connectivity index (χ3n) is 2.44. The molecular weight excluding hydrogens is 158 g/mol. The minimum Gasteiger partial charge on any atom is -0.390 e. The van der Waals surface area contributed by atoms with Crippen LogP contribution in [0.25, 0.3) is 0 Å². The fourth-order valence-electron chi connectivity index (χ4n) is 1.74. The lowest BCUT2D eigenvalue weighted by atomic mass is 9.98. The summed E-state index contributed by atoms with van der Waals surface area (Å²) in [5.41, 5.74) is 0. The Balaban J connectivity index is 2.19. The van der Waals surface area contributed by atoms with Gasteiger partial charge in [0.2, 0.25) is 0 Å². The molecule has 66 valence electrons. The summed E-state index contributed by atoms with van der Waals surface area (Å²) in [5, 5.41) is 18.5. The highest BCUT2D eigenvalue weighted by atomic mass is 16.3. The highest BCUT2D eigenvalue weighted by Crippen LogP contribution is 2.23. The zero-order valence-electron chi connectivity index (χ0n) is 6.55. The normalized spacial score (nSPS) is 40.3. The van der Waals surface area contributed by atoms with Gasteiger partial charge in [-0.3, -0.25) is 4.79 Å². The average Bonchev–Trinajstić information content (AvgIpc) is 2.48. The molecule has 2 aliphatic rings. The number of amides is 1. The van der Waals surface area contributed by atoms with Crippen molar-refractivity contribution < 1.29 is 15.0 Å². The third-order valence-corrected chi connectivity index (χ3v) is 2.44. The van der Waals surface area contributed by atoms with Crippen molar-refractivity contribution in [2.75, 3.05) is 6.54 Å². The Bertz CT molecular complexity index is 238. The Labute approximate surface area is 70.1 Å². The molecule has 2 heterocycles. The summed E-state index contributed by atoms with van der Waals surface area (Å²) < 4.78 is 0. The minimum atomic E-state index is -1.22. The van der Waals surface area contributed by atoms with E-state index in [2.05, 4.69) is 0 Å². The standard InChI is InChI=1S/C8H11NO3/c10-6-4-5-2-1-3-9(5)8(12)7(6)11/h1-2,5-7,10-11H,3-4H2/t5-,6-,7-/m1/s1. The van der Waals surface area contributed by atoms with Crippen molar-refractivity contribution in [3.05, 3.63) is 12.2 Å². The molecule has 2 N–H and O–H groups in total. The van der Waals surface area contributed by atoms with E-state index in [1.807, 2.05) is 12.2 Å². The summed E-state index contributed by atoms with van der Waals surface area (Å²) in [5.74, 6) is -0.358. The lowest BCUT2D eigenvalue weighted by Gasteiger charge is -2.35. The van der Waals surface area contributed by atoms with Gasteiger partial charge in [0.1, 0.15) is 0 Å². The van der Waals surface area contributed by atoms with Crippen molar-refractivity contribution in [3.8, 4) is 0 Å². The topological polar surface area (TPSA) is 60.8 Å². The van der Waals surface area contributed by atoms with Gasteiger partial charge in [-0.2, -0.15) is 0 Å². The molecule has 0 radical (unpaired) electrons. The first kappa shape index (κ1) is 7.76. The van der Waals surface area contributed by atoms with Gasteiger partial charge in [-0.15, -0.1) is 0 Å². The monoisotopic (exact) mass is 169 g/mol. The van der Waals surface area contributed by atoms with Crippen molar-refractivity contribution in [2.45, 2.75) is 24.7 Å². The summed E-state index contributed by atoms with van der Waals surface area (Å²) in [4.78, 5) is 12.9. The Morgan fingerprint density at radius 3 is 3.00 bits per heavy atom. The fourth-order valence-corrected chi connectivity index (χ4v) is 1.74. The van der Waals surface area contributed by atoms with E-state index >= 15 is 0 Å². The SMILES string of the molecule is O=C1[C@H](O)[C@H](O)C[C@H]2C=CCN12. The maximum atomic E-state index is 11.3. The van der Waals surface area contributed by atoms with Gasteiger partial charge in [0.25, 0.3) is 5.91 Å². The van der Waals surface area contributed by atoms with Gasteiger partial charge in [-0.25, -0.2) is 0 Å². The molecule has 4 nitrogen and oxygen atoms in total. The molecular formula is C8H11NO3. The molecule has 2 aliphatic heterocycles. The Morgan fingerprint density at radius 1 is 1.50 bits per heavy atom. The van der Waals surface area contributed by atoms with Crippen LogP contribution in [-0.2, 0) is 4.79 Å². The van der Waals surface area contributed by atoms with Crippen molar-refractivity contribution in [1.82, 2.24) is 4.90 Å². The van der Waals surface area contributed by atoms with E-state index in [-0.39, 0.29) is 11.9 Å². The number of hydrogen-bond donors (Lipinski definition) is 2. The van der Waals surface area contributed by atoms with Gasteiger partial charge in [-0.05, 0) is 0 Å². The van der Waals surface area contributed by atoms with Crippen LogP contribution in [-0.4, -0.2) is 45.8 Å². The third kappa shape index (κ3) is 0.956. The molecule has 12 heavy (non-hydrogen) atoms. The summed E-state index contributed by atoms with van der Waals surface area (Å²) in [6.07, 6.45) is 2.10. The largest absolute Gasteiger partial charge is 0.390 e. The van der Waals surface area contributed by atoms with Crippen molar-refractivity contribution >= 4 is 5.91 Å². The second-order valence-corrected chi connectivity index (χ2v) is 3.23. The van der Waals surface area contributed by atoms with E-state index in [1.54, 1.807) is 4.90 Å². The molecule has 3 atom stereocenters. The van der Waals surface area contributed by atoms with E-state index in [4.69, 9.17) is 0 Å². The quantitative estimate of drug-likeness (QED) is 0.451. The number of rotatable bonds is 0. The minimum absolute atomic E-state index is 0.00380. The van der Waals surface area contributed by atoms with Crippen LogP contribution in [0, 0.1) is 0 Å². The van der Waals surface area contributed by atoms with E-state index < -0.39 is 12.2 Å². The smallest absolute Gasteiger partial charge is 0.254 e. The van der Waals surface area contributed by atoms with Crippen LogP contribution in [0.2, 0.25) is 0 Å². The molecule has 1 amide bonds. The number of nitrogens with zero attached hydrogens (tertiary/aromatic N) is 1. The fraction of sp³-hybridized carbons (Fsp3) is 0.625. The van der Waals surface area contributed by atoms with Crippen molar-refractivity contribution in [2.24, 2.45) is 0 Å². The van der Waals surface area contributed by atoms with E-state index in [1.165, 1.54) is 0 Å². The van der Waals surface area contributed by atoms with Gasteiger partial charge in [0.15, 0.2) is 6.10 Å². The highest BCUT2D eigenvalue weighted by molar-refractivity contribution is 5.83. The predicted molar refractivity (Wildman–Crippen MR) is 41.3 cm³/mol. The number of aliphatic hydroxyl groups is 2. The molecule has 0 aromatic carbocycles. The molecule has 1 saturated heterocycles. The van der Waals surface area contributed by atoms with Crippen LogP contribution in [0.5, 0.6) is 0 Å². The van der Waals surface area contributed by atoms with Crippen molar-refractivity contribution in [1.29, 1.82) is 0 Å². The molecule has 0 unspecified atom stereocenters. The Hall–Kier alpha value is -0.870. The molecule has 0 spiro atoms. The average molecular weight is 169 g/mol. The Morgan fingerprint density at radius 2 is 2.25 bits per heavy atom. The molecule has 0 saturated carbocycles. The number of carbonyl (C=O) groups is 1. The predicted octanol–water partition coefficient (Wildman–Crippen LogP) is -1.12. The highest BCUT2D eigenvalue weighted by Gasteiger charge is 2.40. The van der Waals surface area contributed by atoms with Gasteiger partial charge in [-0.1, -0.05) is 12.2 Å². The molecule has 0 aliphatic carbocycles. The lowest BCUT2D eigenvalue weighted by molar-refractivity contribution is -0.154. The zero-order valence-corrected chi connectivity index (χ0v) is 6.55. The van der Waals surface area contributed by atoms with Gasteiger partial charge < -0.3 is 15.1 Å². The maximum absolute atomic E-state index is 11.3. The lowest BCUT2D eigenvalue weighted by Crippen LogP contribution is -2.54. The van der Waals surface area contributed by atoms with E-state index in [9.17, 15) is 15.0 Å².